The van der Waals surface area contributed by atoms with Crippen molar-refractivity contribution in [1.29, 1.82) is 0 Å². The number of nitrogens with one attached hydrogen (secondary N) is 1. The maximum Gasteiger partial charge on any atom is 0.295 e. The molecular formula is C21H19FN2O2S. The minimum Gasteiger partial charge on any atom is -0.360 e. The van der Waals surface area contributed by atoms with Crippen molar-refractivity contribution in [2.75, 3.05) is 18.8 Å². The number of fused-ring (bicyclic) bond motifs is 1. The van der Waals surface area contributed by atoms with Gasteiger partial charge in [0.1, 0.15) is 5.82 Å². The van der Waals surface area contributed by atoms with Gasteiger partial charge in [0.2, 0.25) is 0 Å². The molecule has 1 aromatic heterocycles. The first-order chi connectivity index (χ1) is 13.1. The lowest BCUT2D eigenvalue weighted by atomic mass is 10.1. The molecule has 138 valence electrons. The Kier molecular flexibility index (Phi) is 4.99. The van der Waals surface area contributed by atoms with Crippen LogP contribution in [0.4, 0.5) is 4.39 Å². The Morgan fingerprint density at radius 1 is 1.07 bits per heavy atom. The topological polar surface area (TPSA) is 53.2 Å². The number of benzene rings is 2. The van der Waals surface area contributed by atoms with Crippen LogP contribution in [0, 0.1) is 5.82 Å². The summed E-state index contributed by atoms with van der Waals surface area (Å²) < 4.78 is 14.1. The number of carbonyl (C=O) groups is 2. The molecule has 1 amide bonds. The van der Waals surface area contributed by atoms with E-state index in [2.05, 4.69) is 4.98 Å². The number of para-hydroxylation sites is 1. The smallest absolute Gasteiger partial charge is 0.295 e. The summed E-state index contributed by atoms with van der Waals surface area (Å²) in [5.74, 6) is -0.535. The molecule has 6 heteroatoms. The van der Waals surface area contributed by atoms with Crippen molar-refractivity contribution >= 4 is 34.4 Å². The molecule has 2 aromatic carbocycles. The van der Waals surface area contributed by atoms with Gasteiger partial charge in [-0.1, -0.05) is 36.4 Å². The number of nitrogens with zero attached hydrogens (tertiary/aromatic N) is 1. The van der Waals surface area contributed by atoms with Crippen molar-refractivity contribution in [2.45, 2.75) is 11.7 Å². The highest BCUT2D eigenvalue weighted by Gasteiger charge is 2.28. The van der Waals surface area contributed by atoms with Gasteiger partial charge in [-0.05, 0) is 18.6 Å². The van der Waals surface area contributed by atoms with E-state index in [9.17, 15) is 14.0 Å². The van der Waals surface area contributed by atoms with Gasteiger partial charge in [-0.15, -0.1) is 0 Å². The molecule has 1 saturated heterocycles. The maximum absolute atomic E-state index is 14.1. The molecule has 2 heterocycles. The van der Waals surface area contributed by atoms with Crippen LogP contribution in [0.2, 0.25) is 0 Å². The lowest BCUT2D eigenvalue weighted by molar-refractivity contribution is -0.126. The molecule has 1 unspecified atom stereocenters. The normalized spacial score (nSPS) is 17.7. The largest absolute Gasteiger partial charge is 0.360 e. The second-order valence-corrected chi connectivity index (χ2v) is 7.85. The minimum absolute atomic E-state index is 0.00723. The summed E-state index contributed by atoms with van der Waals surface area (Å²) in [5.41, 5.74) is 1.90. The number of ketones is 1. The van der Waals surface area contributed by atoms with Crippen molar-refractivity contribution in [1.82, 2.24) is 9.88 Å². The van der Waals surface area contributed by atoms with Crippen LogP contribution in [0.1, 0.15) is 27.6 Å². The van der Waals surface area contributed by atoms with Crippen LogP contribution in [0.25, 0.3) is 10.9 Å². The number of amides is 1. The molecule has 0 spiro atoms. The standard InChI is InChI=1S/C21H19FN2O2S/c22-17-7-3-1-6-15(17)19-9-10-24(11-12-27-19)21(26)20(25)16-13-23-18-8-4-2-5-14(16)18/h1-8,13,19,23H,9-12H2. The number of aromatic amines is 1. The number of H-pyrrole nitrogens is 1. The van der Waals surface area contributed by atoms with Crippen LogP contribution >= 0.6 is 11.8 Å². The Morgan fingerprint density at radius 2 is 1.85 bits per heavy atom. The minimum atomic E-state index is -0.498. The molecule has 0 radical (unpaired) electrons. The van der Waals surface area contributed by atoms with Crippen molar-refractivity contribution in [3.63, 3.8) is 0 Å². The number of rotatable bonds is 3. The first-order valence-electron chi connectivity index (χ1n) is 8.91. The summed E-state index contributed by atoms with van der Waals surface area (Å²) in [5, 5.41) is 0.747. The zero-order valence-corrected chi connectivity index (χ0v) is 15.5. The quantitative estimate of drug-likeness (QED) is 0.546. The average molecular weight is 382 g/mol. The van der Waals surface area contributed by atoms with Crippen LogP contribution in [0.3, 0.4) is 0 Å². The maximum atomic E-state index is 14.1. The van der Waals surface area contributed by atoms with E-state index < -0.39 is 11.7 Å². The first-order valence-corrected chi connectivity index (χ1v) is 9.96. The third-order valence-corrected chi connectivity index (χ3v) is 6.22. The van der Waals surface area contributed by atoms with Crippen LogP contribution < -0.4 is 0 Å². The molecule has 0 bridgehead atoms. The highest BCUT2D eigenvalue weighted by molar-refractivity contribution is 7.99. The number of halogens is 1. The third-order valence-electron chi connectivity index (χ3n) is 4.91. The predicted molar refractivity (Wildman–Crippen MR) is 105 cm³/mol. The first kappa shape index (κ1) is 17.8. The monoisotopic (exact) mass is 382 g/mol. The molecule has 0 saturated carbocycles. The number of Topliss-reactive ketones (excluding diaryl/α,β-unsaturated/α-hetero) is 1. The average Bonchev–Trinajstić information content (AvgIpc) is 2.97. The van der Waals surface area contributed by atoms with Crippen LogP contribution in [0.15, 0.2) is 54.7 Å². The van der Waals surface area contributed by atoms with Gasteiger partial charge in [-0.2, -0.15) is 11.8 Å². The van der Waals surface area contributed by atoms with E-state index in [0.717, 1.165) is 10.9 Å². The van der Waals surface area contributed by atoms with Gasteiger partial charge in [0, 0.05) is 46.8 Å². The van der Waals surface area contributed by atoms with E-state index in [0.29, 0.717) is 36.4 Å². The fraction of sp³-hybridized carbons (Fsp3) is 0.238. The number of aromatic nitrogens is 1. The van der Waals surface area contributed by atoms with Gasteiger partial charge in [0.15, 0.2) is 0 Å². The summed E-state index contributed by atoms with van der Waals surface area (Å²) in [6, 6.07) is 14.2. The lowest BCUT2D eigenvalue weighted by Gasteiger charge is -2.19. The molecule has 1 fully saturated rings. The van der Waals surface area contributed by atoms with Crippen molar-refractivity contribution < 1.29 is 14.0 Å². The SMILES string of the molecule is O=C(C(=O)N1CCSC(c2ccccc2F)CC1)c1c[nH]c2ccccc12. The molecular weight excluding hydrogens is 363 g/mol. The van der Waals surface area contributed by atoms with E-state index in [1.54, 1.807) is 35.0 Å². The molecule has 27 heavy (non-hydrogen) atoms. The highest BCUT2D eigenvalue weighted by atomic mass is 32.2. The predicted octanol–water partition coefficient (Wildman–Crippen LogP) is 4.20. The van der Waals surface area contributed by atoms with E-state index in [1.165, 1.54) is 6.07 Å². The Labute approximate surface area is 160 Å². The van der Waals surface area contributed by atoms with Gasteiger partial charge in [-0.3, -0.25) is 9.59 Å². The fourth-order valence-corrected chi connectivity index (χ4v) is 4.73. The summed E-state index contributed by atoms with van der Waals surface area (Å²) in [6.07, 6.45) is 2.22. The van der Waals surface area contributed by atoms with Crippen LogP contribution in [0.5, 0.6) is 0 Å². The van der Waals surface area contributed by atoms with Gasteiger partial charge < -0.3 is 9.88 Å². The Balaban J connectivity index is 1.50. The molecule has 1 atom stereocenters. The third kappa shape index (κ3) is 3.49. The number of carbonyl (C=O) groups excluding carboxylic acids is 2. The van der Waals surface area contributed by atoms with Crippen LogP contribution in [-0.4, -0.2) is 40.4 Å². The van der Waals surface area contributed by atoms with Gasteiger partial charge in [0.25, 0.3) is 11.7 Å². The molecule has 1 aliphatic heterocycles. The summed E-state index contributed by atoms with van der Waals surface area (Å²) in [4.78, 5) is 30.2. The summed E-state index contributed by atoms with van der Waals surface area (Å²) in [7, 11) is 0. The fourth-order valence-electron chi connectivity index (χ4n) is 3.48. The number of thioether (sulfide) groups is 1. The van der Waals surface area contributed by atoms with E-state index >= 15 is 0 Å². The van der Waals surface area contributed by atoms with Crippen molar-refractivity contribution in [2.24, 2.45) is 0 Å². The van der Waals surface area contributed by atoms with Gasteiger partial charge in [-0.25, -0.2) is 4.39 Å². The van der Waals surface area contributed by atoms with Gasteiger partial charge >= 0.3 is 0 Å². The molecule has 1 aliphatic rings. The molecule has 4 rings (SSSR count). The molecule has 3 aromatic rings. The van der Waals surface area contributed by atoms with E-state index in [4.69, 9.17) is 0 Å². The summed E-state index contributed by atoms with van der Waals surface area (Å²) in [6.45, 7) is 0.932. The Morgan fingerprint density at radius 3 is 2.70 bits per heavy atom. The van der Waals surface area contributed by atoms with Gasteiger partial charge in [0.05, 0.1) is 5.56 Å². The zero-order valence-electron chi connectivity index (χ0n) is 14.7. The second-order valence-electron chi connectivity index (χ2n) is 6.54. The number of hydrogen-bond donors (Lipinski definition) is 1. The molecule has 4 nitrogen and oxygen atoms in total. The molecule has 0 aliphatic carbocycles. The van der Waals surface area contributed by atoms with E-state index in [-0.39, 0.29) is 11.1 Å². The second kappa shape index (κ2) is 7.56. The lowest BCUT2D eigenvalue weighted by Crippen LogP contribution is -2.38. The highest BCUT2D eigenvalue weighted by Crippen LogP contribution is 2.35. The summed E-state index contributed by atoms with van der Waals surface area (Å²) >= 11 is 1.63. The molecule has 1 N–H and O–H groups in total. The van der Waals surface area contributed by atoms with E-state index in [1.807, 2.05) is 30.3 Å². The Bertz CT molecular complexity index is 1000. The van der Waals surface area contributed by atoms with Crippen LogP contribution in [-0.2, 0) is 4.79 Å². The van der Waals surface area contributed by atoms with Crippen molar-refractivity contribution in [3.05, 3.63) is 71.7 Å². The number of hydrogen-bond acceptors (Lipinski definition) is 3. The van der Waals surface area contributed by atoms with Crippen molar-refractivity contribution in [3.8, 4) is 0 Å². The zero-order chi connectivity index (χ0) is 18.8. The Hall–Kier alpha value is -2.60.